The summed E-state index contributed by atoms with van der Waals surface area (Å²) in [4.78, 5) is 23.6. The minimum Gasteiger partial charge on any atom is -0.326 e. The third-order valence-electron chi connectivity index (χ3n) is 4.66. The molecular weight excluding hydrogens is 350 g/mol. The molecule has 0 fully saturated rings. The standard InChI is InChI=1S/C23H25N3O2/c1-15(21-10-6-8-18-7-4-5-9-22(18)21)24-16(2)23(28)26-20-13-11-19(12-14-20)25-17(3)27/h4-16,24H,1-3H3,(H,25,27)(H,26,28)/t15-,16-/m0/s1. The Kier molecular flexibility index (Phi) is 6.06. The Morgan fingerprint density at radius 2 is 1.39 bits per heavy atom. The number of anilines is 2. The van der Waals surface area contributed by atoms with Crippen molar-refractivity contribution in [3.05, 3.63) is 72.3 Å². The molecule has 0 aliphatic rings. The van der Waals surface area contributed by atoms with Gasteiger partial charge < -0.3 is 10.6 Å². The lowest BCUT2D eigenvalue weighted by molar-refractivity contribution is -0.118. The molecule has 0 aliphatic heterocycles. The van der Waals surface area contributed by atoms with Gasteiger partial charge in [-0.15, -0.1) is 0 Å². The van der Waals surface area contributed by atoms with Crippen LogP contribution in [0.3, 0.4) is 0 Å². The van der Waals surface area contributed by atoms with Crippen LogP contribution in [0.1, 0.15) is 32.4 Å². The summed E-state index contributed by atoms with van der Waals surface area (Å²) in [7, 11) is 0. The lowest BCUT2D eigenvalue weighted by Gasteiger charge is -2.21. The second-order valence-corrected chi connectivity index (χ2v) is 6.93. The predicted octanol–water partition coefficient (Wildman–Crippen LogP) is 4.48. The zero-order valence-electron chi connectivity index (χ0n) is 16.3. The minimum absolute atomic E-state index is 0.0222. The van der Waals surface area contributed by atoms with Gasteiger partial charge in [0.25, 0.3) is 0 Å². The maximum absolute atomic E-state index is 12.6. The van der Waals surface area contributed by atoms with E-state index in [1.54, 1.807) is 24.3 Å². The Bertz CT molecular complexity index is 977. The van der Waals surface area contributed by atoms with Gasteiger partial charge in [0.15, 0.2) is 0 Å². The molecule has 3 rings (SSSR count). The molecule has 3 aromatic rings. The first kappa shape index (κ1) is 19.6. The summed E-state index contributed by atoms with van der Waals surface area (Å²) in [5, 5.41) is 11.4. The molecule has 3 aromatic carbocycles. The van der Waals surface area contributed by atoms with Crippen molar-refractivity contribution in [3.63, 3.8) is 0 Å². The highest BCUT2D eigenvalue weighted by Gasteiger charge is 2.17. The van der Waals surface area contributed by atoms with Crippen molar-refractivity contribution in [1.29, 1.82) is 0 Å². The highest BCUT2D eigenvalue weighted by Crippen LogP contribution is 2.24. The van der Waals surface area contributed by atoms with E-state index in [2.05, 4.69) is 47.1 Å². The summed E-state index contributed by atoms with van der Waals surface area (Å²) in [6.45, 7) is 5.37. The van der Waals surface area contributed by atoms with Gasteiger partial charge in [0.1, 0.15) is 0 Å². The fourth-order valence-electron chi connectivity index (χ4n) is 3.26. The number of nitrogens with one attached hydrogen (secondary N) is 3. The van der Waals surface area contributed by atoms with Crippen LogP contribution in [0, 0.1) is 0 Å². The van der Waals surface area contributed by atoms with Crippen molar-refractivity contribution in [3.8, 4) is 0 Å². The van der Waals surface area contributed by atoms with E-state index in [4.69, 9.17) is 0 Å². The Morgan fingerprint density at radius 1 is 0.786 bits per heavy atom. The molecule has 0 bridgehead atoms. The monoisotopic (exact) mass is 375 g/mol. The molecule has 0 saturated heterocycles. The first-order valence-electron chi connectivity index (χ1n) is 9.36. The number of carbonyl (C=O) groups excluding carboxylic acids is 2. The summed E-state index contributed by atoms with van der Waals surface area (Å²) in [6.07, 6.45) is 0. The minimum atomic E-state index is -0.371. The fourth-order valence-corrected chi connectivity index (χ4v) is 3.26. The van der Waals surface area contributed by atoms with Crippen LogP contribution in [0.25, 0.3) is 10.8 Å². The number of fused-ring (bicyclic) bond motifs is 1. The van der Waals surface area contributed by atoms with E-state index in [0.29, 0.717) is 11.4 Å². The first-order valence-corrected chi connectivity index (χ1v) is 9.36. The van der Waals surface area contributed by atoms with Gasteiger partial charge in [-0.3, -0.25) is 14.9 Å². The van der Waals surface area contributed by atoms with Crippen molar-refractivity contribution in [1.82, 2.24) is 5.32 Å². The number of hydrogen-bond acceptors (Lipinski definition) is 3. The van der Waals surface area contributed by atoms with Crippen LogP contribution in [-0.2, 0) is 9.59 Å². The predicted molar refractivity (Wildman–Crippen MR) is 114 cm³/mol. The first-order chi connectivity index (χ1) is 13.4. The van der Waals surface area contributed by atoms with Crippen LogP contribution >= 0.6 is 0 Å². The van der Waals surface area contributed by atoms with Crippen molar-refractivity contribution >= 4 is 34.0 Å². The second kappa shape index (κ2) is 8.67. The molecule has 2 atom stereocenters. The fraction of sp³-hybridized carbons (Fsp3) is 0.217. The quantitative estimate of drug-likeness (QED) is 0.595. The summed E-state index contributed by atoms with van der Waals surface area (Å²) >= 11 is 0. The lowest BCUT2D eigenvalue weighted by Crippen LogP contribution is -2.39. The highest BCUT2D eigenvalue weighted by atomic mass is 16.2. The van der Waals surface area contributed by atoms with Crippen LogP contribution in [0.15, 0.2) is 66.7 Å². The number of amides is 2. The van der Waals surface area contributed by atoms with E-state index in [9.17, 15) is 9.59 Å². The van der Waals surface area contributed by atoms with Crippen molar-refractivity contribution in [2.24, 2.45) is 0 Å². The molecular formula is C23H25N3O2. The number of rotatable bonds is 6. The van der Waals surface area contributed by atoms with E-state index >= 15 is 0 Å². The largest absolute Gasteiger partial charge is 0.326 e. The van der Waals surface area contributed by atoms with Gasteiger partial charge in [-0.05, 0) is 54.4 Å². The number of benzene rings is 3. The van der Waals surface area contributed by atoms with Gasteiger partial charge in [-0.2, -0.15) is 0 Å². The maximum Gasteiger partial charge on any atom is 0.241 e. The highest BCUT2D eigenvalue weighted by molar-refractivity contribution is 5.95. The van der Waals surface area contributed by atoms with Gasteiger partial charge >= 0.3 is 0 Å². The molecule has 0 saturated carbocycles. The molecule has 2 amide bonds. The average molecular weight is 375 g/mol. The summed E-state index contributed by atoms with van der Waals surface area (Å²) in [5.41, 5.74) is 2.55. The Balaban J connectivity index is 1.64. The van der Waals surface area contributed by atoms with E-state index in [0.717, 1.165) is 5.56 Å². The van der Waals surface area contributed by atoms with Gasteiger partial charge in [0.2, 0.25) is 11.8 Å². The average Bonchev–Trinajstić information content (AvgIpc) is 2.68. The molecule has 5 heteroatoms. The zero-order valence-corrected chi connectivity index (χ0v) is 16.3. The van der Waals surface area contributed by atoms with Crippen molar-refractivity contribution in [2.75, 3.05) is 10.6 Å². The third kappa shape index (κ3) is 4.75. The Morgan fingerprint density at radius 3 is 2.07 bits per heavy atom. The molecule has 0 spiro atoms. The van der Waals surface area contributed by atoms with Crippen molar-refractivity contribution in [2.45, 2.75) is 32.9 Å². The van der Waals surface area contributed by atoms with Gasteiger partial charge in [0, 0.05) is 24.3 Å². The number of carbonyl (C=O) groups is 2. The van der Waals surface area contributed by atoms with E-state index in [-0.39, 0.29) is 23.9 Å². The molecule has 0 radical (unpaired) electrons. The van der Waals surface area contributed by atoms with Crippen LogP contribution in [0.2, 0.25) is 0 Å². The third-order valence-corrected chi connectivity index (χ3v) is 4.66. The molecule has 0 heterocycles. The van der Waals surface area contributed by atoms with Crippen LogP contribution in [-0.4, -0.2) is 17.9 Å². The maximum atomic E-state index is 12.6. The molecule has 0 aromatic heterocycles. The molecule has 5 nitrogen and oxygen atoms in total. The van der Waals surface area contributed by atoms with Gasteiger partial charge in [0.05, 0.1) is 6.04 Å². The smallest absolute Gasteiger partial charge is 0.241 e. The van der Waals surface area contributed by atoms with E-state index < -0.39 is 0 Å². The second-order valence-electron chi connectivity index (χ2n) is 6.93. The molecule has 0 unspecified atom stereocenters. The topological polar surface area (TPSA) is 70.2 Å². The Hall–Kier alpha value is -3.18. The van der Waals surface area contributed by atoms with Crippen LogP contribution in [0.4, 0.5) is 11.4 Å². The van der Waals surface area contributed by atoms with Crippen LogP contribution < -0.4 is 16.0 Å². The normalized spacial score (nSPS) is 13.0. The molecule has 0 aliphatic carbocycles. The van der Waals surface area contributed by atoms with Gasteiger partial charge in [-0.1, -0.05) is 42.5 Å². The number of hydrogen-bond donors (Lipinski definition) is 3. The van der Waals surface area contributed by atoms with E-state index in [1.807, 2.05) is 25.1 Å². The summed E-state index contributed by atoms with van der Waals surface area (Å²) in [6, 6.07) is 21.2. The zero-order chi connectivity index (χ0) is 20.1. The van der Waals surface area contributed by atoms with Gasteiger partial charge in [-0.25, -0.2) is 0 Å². The van der Waals surface area contributed by atoms with Crippen molar-refractivity contribution < 1.29 is 9.59 Å². The molecule has 3 N–H and O–H groups in total. The molecule has 28 heavy (non-hydrogen) atoms. The van der Waals surface area contributed by atoms with Crippen LogP contribution in [0.5, 0.6) is 0 Å². The van der Waals surface area contributed by atoms with E-state index in [1.165, 1.54) is 17.7 Å². The Labute approximate surface area is 165 Å². The lowest BCUT2D eigenvalue weighted by atomic mass is 9.99. The summed E-state index contributed by atoms with van der Waals surface area (Å²) in [5.74, 6) is -0.239. The molecule has 144 valence electrons. The SMILES string of the molecule is CC(=O)Nc1ccc(NC(=O)[C@H](C)N[C@@H](C)c2cccc3ccccc23)cc1. The summed E-state index contributed by atoms with van der Waals surface area (Å²) < 4.78 is 0.